The topological polar surface area (TPSA) is 46.6 Å². The number of hydrogen-bond donors (Lipinski definition) is 0. The first-order valence-corrected chi connectivity index (χ1v) is 8.57. The van der Waals surface area contributed by atoms with Gasteiger partial charge in [-0.1, -0.05) is 30.3 Å². The van der Waals surface area contributed by atoms with E-state index in [0.29, 0.717) is 6.42 Å². The van der Waals surface area contributed by atoms with Crippen molar-refractivity contribution in [1.29, 1.82) is 0 Å². The monoisotopic (exact) mass is 303 g/mol. The number of nitrogens with zero attached hydrogens (tertiary/aromatic N) is 1. The summed E-state index contributed by atoms with van der Waals surface area (Å²) in [5.74, 6) is 0.764. The van der Waals surface area contributed by atoms with Crippen LogP contribution in [0.5, 0.6) is 5.75 Å². The molecule has 5 heteroatoms. The number of rotatable bonds is 3. The third-order valence-corrected chi connectivity index (χ3v) is 4.95. The van der Waals surface area contributed by atoms with E-state index in [-0.39, 0.29) is 6.04 Å². The first-order valence-electron chi connectivity index (χ1n) is 6.72. The van der Waals surface area contributed by atoms with Gasteiger partial charge in [-0.3, -0.25) is 4.31 Å². The van der Waals surface area contributed by atoms with Gasteiger partial charge in [-0.05, 0) is 29.3 Å². The van der Waals surface area contributed by atoms with Crippen LogP contribution in [0.25, 0.3) is 0 Å². The second kappa shape index (κ2) is 5.07. The Labute approximate surface area is 125 Å². The molecule has 0 aliphatic carbocycles. The zero-order valence-corrected chi connectivity index (χ0v) is 12.8. The smallest absolute Gasteiger partial charge is 0.232 e. The van der Waals surface area contributed by atoms with Gasteiger partial charge in [0.15, 0.2) is 0 Å². The van der Waals surface area contributed by atoms with Crippen molar-refractivity contribution in [2.45, 2.75) is 12.5 Å². The first kappa shape index (κ1) is 13.9. The van der Waals surface area contributed by atoms with E-state index in [4.69, 9.17) is 4.74 Å². The zero-order chi connectivity index (χ0) is 15.0. The summed E-state index contributed by atoms with van der Waals surface area (Å²) >= 11 is 0. The number of methoxy groups -OCH3 is 1. The Hall–Kier alpha value is -2.01. The maximum atomic E-state index is 12.2. The molecule has 0 N–H and O–H groups in total. The van der Waals surface area contributed by atoms with Crippen molar-refractivity contribution in [2.75, 3.05) is 17.7 Å². The Balaban J connectivity index is 2.06. The number of ether oxygens (including phenoxy) is 1. The van der Waals surface area contributed by atoms with Crippen LogP contribution in [-0.4, -0.2) is 21.8 Å². The molecule has 21 heavy (non-hydrogen) atoms. The molecule has 110 valence electrons. The summed E-state index contributed by atoms with van der Waals surface area (Å²) in [6.45, 7) is 0. The molecule has 0 bridgehead atoms. The van der Waals surface area contributed by atoms with Crippen molar-refractivity contribution in [3.05, 3.63) is 59.7 Å². The van der Waals surface area contributed by atoms with Crippen LogP contribution in [0.4, 0.5) is 5.69 Å². The Morgan fingerprint density at radius 1 is 1.10 bits per heavy atom. The number of sulfonamides is 1. The van der Waals surface area contributed by atoms with E-state index in [1.807, 2.05) is 48.5 Å². The van der Waals surface area contributed by atoms with Crippen LogP contribution < -0.4 is 9.04 Å². The third kappa shape index (κ3) is 2.49. The van der Waals surface area contributed by atoms with Crippen LogP contribution in [0, 0.1) is 0 Å². The minimum atomic E-state index is -3.33. The Morgan fingerprint density at radius 2 is 1.76 bits per heavy atom. The Bertz CT molecular complexity index is 753. The number of anilines is 1. The molecule has 3 rings (SSSR count). The average molecular weight is 303 g/mol. The molecular formula is C16H17NO3S. The van der Waals surface area contributed by atoms with Crippen LogP contribution >= 0.6 is 0 Å². The molecule has 1 unspecified atom stereocenters. The second-order valence-electron chi connectivity index (χ2n) is 5.18. The lowest BCUT2D eigenvalue weighted by Gasteiger charge is -2.25. The molecule has 4 nitrogen and oxygen atoms in total. The van der Waals surface area contributed by atoms with E-state index < -0.39 is 10.0 Å². The van der Waals surface area contributed by atoms with Gasteiger partial charge in [0, 0.05) is 6.42 Å². The van der Waals surface area contributed by atoms with Gasteiger partial charge in [0.1, 0.15) is 5.75 Å². The van der Waals surface area contributed by atoms with E-state index in [9.17, 15) is 8.42 Å². The summed E-state index contributed by atoms with van der Waals surface area (Å²) in [6.07, 6.45) is 1.95. The molecule has 0 spiro atoms. The molecule has 0 saturated carbocycles. The second-order valence-corrected chi connectivity index (χ2v) is 7.04. The SMILES string of the molecule is COc1ccc(C2Cc3ccccc3N2S(C)(=O)=O)cc1. The van der Waals surface area contributed by atoms with E-state index >= 15 is 0 Å². The largest absolute Gasteiger partial charge is 0.497 e. The van der Waals surface area contributed by atoms with Crippen LogP contribution in [-0.2, 0) is 16.4 Å². The third-order valence-electron chi connectivity index (χ3n) is 3.78. The van der Waals surface area contributed by atoms with Gasteiger partial charge in [-0.15, -0.1) is 0 Å². The predicted molar refractivity (Wildman–Crippen MR) is 83.2 cm³/mol. The fourth-order valence-corrected chi connectivity index (χ4v) is 4.04. The van der Waals surface area contributed by atoms with Gasteiger partial charge < -0.3 is 4.74 Å². The highest BCUT2D eigenvalue weighted by molar-refractivity contribution is 7.92. The minimum absolute atomic E-state index is 0.191. The summed E-state index contributed by atoms with van der Waals surface area (Å²) in [7, 11) is -1.71. The molecule has 1 heterocycles. The van der Waals surface area contributed by atoms with Crippen molar-refractivity contribution in [1.82, 2.24) is 0 Å². The Morgan fingerprint density at radius 3 is 2.38 bits per heavy atom. The molecule has 2 aromatic carbocycles. The van der Waals surface area contributed by atoms with Gasteiger partial charge in [0.2, 0.25) is 10.0 Å². The maximum absolute atomic E-state index is 12.2. The molecule has 0 saturated heterocycles. The summed E-state index contributed by atoms with van der Waals surface area (Å²) in [4.78, 5) is 0. The highest BCUT2D eigenvalue weighted by Gasteiger charge is 2.35. The van der Waals surface area contributed by atoms with Crippen molar-refractivity contribution in [3.8, 4) is 5.75 Å². The molecular weight excluding hydrogens is 286 g/mol. The van der Waals surface area contributed by atoms with Crippen molar-refractivity contribution < 1.29 is 13.2 Å². The molecule has 0 fully saturated rings. The first-order chi connectivity index (χ1) is 10.0. The van der Waals surface area contributed by atoms with Crippen LogP contribution in [0.3, 0.4) is 0 Å². The van der Waals surface area contributed by atoms with E-state index in [2.05, 4.69) is 0 Å². The molecule has 0 aromatic heterocycles. The number of fused-ring (bicyclic) bond motifs is 1. The van der Waals surface area contributed by atoms with E-state index in [0.717, 1.165) is 22.6 Å². The van der Waals surface area contributed by atoms with E-state index in [1.54, 1.807) is 7.11 Å². The predicted octanol–water partition coefficient (Wildman–Crippen LogP) is 2.76. The van der Waals surface area contributed by atoms with Crippen LogP contribution in [0.1, 0.15) is 17.2 Å². The number of hydrogen-bond acceptors (Lipinski definition) is 3. The molecule has 0 amide bonds. The van der Waals surface area contributed by atoms with Crippen LogP contribution in [0.2, 0.25) is 0 Å². The standard InChI is InChI=1S/C16H17NO3S/c1-20-14-9-7-12(8-10-14)16-11-13-5-3-4-6-15(13)17(16)21(2,18)19/h3-10,16H,11H2,1-2H3. The maximum Gasteiger partial charge on any atom is 0.232 e. The van der Waals surface area contributed by atoms with Gasteiger partial charge in [-0.2, -0.15) is 0 Å². The normalized spacial score (nSPS) is 17.6. The highest BCUT2D eigenvalue weighted by Crippen LogP contribution is 2.42. The summed E-state index contributed by atoms with van der Waals surface area (Å²) < 4.78 is 31.1. The van der Waals surface area contributed by atoms with Gasteiger partial charge in [-0.25, -0.2) is 8.42 Å². The lowest BCUT2D eigenvalue weighted by Crippen LogP contribution is -2.31. The average Bonchev–Trinajstić information content (AvgIpc) is 2.86. The molecule has 1 aliphatic heterocycles. The lowest BCUT2D eigenvalue weighted by atomic mass is 10.0. The van der Waals surface area contributed by atoms with Gasteiger partial charge >= 0.3 is 0 Å². The van der Waals surface area contributed by atoms with Gasteiger partial charge in [0.25, 0.3) is 0 Å². The molecule has 2 aromatic rings. The lowest BCUT2D eigenvalue weighted by molar-refractivity contribution is 0.414. The molecule has 0 radical (unpaired) electrons. The van der Waals surface area contributed by atoms with Crippen molar-refractivity contribution in [3.63, 3.8) is 0 Å². The number of para-hydroxylation sites is 1. The molecule has 1 atom stereocenters. The summed E-state index contributed by atoms with van der Waals surface area (Å²) in [5, 5.41) is 0. The minimum Gasteiger partial charge on any atom is -0.497 e. The molecule has 1 aliphatic rings. The Kier molecular flexibility index (Phi) is 3.37. The van der Waals surface area contributed by atoms with Crippen molar-refractivity contribution >= 4 is 15.7 Å². The quantitative estimate of drug-likeness (QED) is 0.876. The van der Waals surface area contributed by atoms with Crippen LogP contribution in [0.15, 0.2) is 48.5 Å². The van der Waals surface area contributed by atoms with E-state index in [1.165, 1.54) is 10.6 Å². The summed E-state index contributed by atoms with van der Waals surface area (Å²) in [5.41, 5.74) is 2.81. The fraction of sp³-hybridized carbons (Fsp3) is 0.250. The zero-order valence-electron chi connectivity index (χ0n) is 12.0. The summed E-state index contributed by atoms with van der Waals surface area (Å²) in [6, 6.07) is 15.0. The fourth-order valence-electron chi connectivity index (χ4n) is 2.85. The van der Waals surface area contributed by atoms with Gasteiger partial charge in [0.05, 0.1) is 25.1 Å². The highest BCUT2D eigenvalue weighted by atomic mass is 32.2. The number of benzene rings is 2. The van der Waals surface area contributed by atoms with Crippen molar-refractivity contribution in [2.24, 2.45) is 0 Å².